The Labute approximate surface area is 128 Å². The van der Waals surface area contributed by atoms with Crippen LogP contribution < -0.4 is 4.74 Å². The van der Waals surface area contributed by atoms with Gasteiger partial charge in [-0.2, -0.15) is 10.2 Å². The van der Waals surface area contributed by atoms with Crippen molar-refractivity contribution in [3.63, 3.8) is 0 Å². The molecule has 4 nitrogen and oxygen atoms in total. The molecule has 0 amide bonds. The van der Waals surface area contributed by atoms with E-state index in [1.54, 1.807) is 12.1 Å². The van der Waals surface area contributed by atoms with E-state index in [1.807, 2.05) is 19.9 Å². The third-order valence-electron chi connectivity index (χ3n) is 3.53. The van der Waals surface area contributed by atoms with Gasteiger partial charge in [-0.25, -0.2) is 4.98 Å². The number of aryl methyl sites for hydroxylation is 1. The molecule has 1 fully saturated rings. The number of ether oxygens (including phenoxy) is 1. The first-order valence-corrected chi connectivity index (χ1v) is 7.19. The standard InChI is InChI=1S/C16H14ClN3O/c1-9-3-4-11(8-18)7-13(9)21-16-10(2)14(17)19-15(20-16)12-5-6-12/h3-4,7,12H,5-6H2,1-2H3. The third kappa shape index (κ3) is 2.84. The van der Waals surface area contributed by atoms with E-state index in [9.17, 15) is 0 Å². The maximum Gasteiger partial charge on any atom is 0.227 e. The summed E-state index contributed by atoms with van der Waals surface area (Å²) in [5, 5.41) is 9.42. The van der Waals surface area contributed by atoms with Crippen LogP contribution in [0.15, 0.2) is 18.2 Å². The van der Waals surface area contributed by atoms with E-state index in [0.717, 1.165) is 24.2 Å². The number of hydrogen-bond donors (Lipinski definition) is 0. The summed E-state index contributed by atoms with van der Waals surface area (Å²) < 4.78 is 5.90. The average Bonchev–Trinajstić information content (AvgIpc) is 3.30. The monoisotopic (exact) mass is 299 g/mol. The fourth-order valence-electron chi connectivity index (χ4n) is 1.99. The number of nitrogens with zero attached hydrogens (tertiary/aromatic N) is 3. The Hall–Kier alpha value is -2.12. The van der Waals surface area contributed by atoms with Crippen molar-refractivity contribution in [3.8, 4) is 17.7 Å². The Morgan fingerprint density at radius 1 is 1.29 bits per heavy atom. The number of rotatable bonds is 3. The normalized spacial score (nSPS) is 13.8. The quantitative estimate of drug-likeness (QED) is 0.793. The molecule has 1 aliphatic carbocycles. The van der Waals surface area contributed by atoms with Crippen molar-refractivity contribution in [1.82, 2.24) is 9.97 Å². The van der Waals surface area contributed by atoms with Crippen LogP contribution in [0.3, 0.4) is 0 Å². The predicted molar refractivity (Wildman–Crippen MR) is 79.7 cm³/mol. The largest absolute Gasteiger partial charge is 0.438 e. The Kier molecular flexibility index (Phi) is 3.52. The minimum atomic E-state index is 0.400. The van der Waals surface area contributed by atoms with Gasteiger partial charge >= 0.3 is 0 Å². The van der Waals surface area contributed by atoms with Crippen LogP contribution in [0.2, 0.25) is 5.15 Å². The summed E-state index contributed by atoms with van der Waals surface area (Å²) in [4.78, 5) is 8.80. The van der Waals surface area contributed by atoms with Crippen molar-refractivity contribution in [2.75, 3.05) is 0 Å². The van der Waals surface area contributed by atoms with E-state index in [4.69, 9.17) is 21.6 Å². The van der Waals surface area contributed by atoms with Crippen LogP contribution >= 0.6 is 11.6 Å². The number of aromatic nitrogens is 2. The Bertz CT molecular complexity index is 748. The van der Waals surface area contributed by atoms with Gasteiger partial charge in [0.1, 0.15) is 16.7 Å². The van der Waals surface area contributed by atoms with Gasteiger partial charge < -0.3 is 4.74 Å². The van der Waals surface area contributed by atoms with Gasteiger partial charge in [0.15, 0.2) is 0 Å². The van der Waals surface area contributed by atoms with E-state index >= 15 is 0 Å². The molecule has 0 aliphatic heterocycles. The Balaban J connectivity index is 1.99. The highest BCUT2D eigenvalue weighted by Gasteiger charge is 2.28. The number of benzene rings is 1. The van der Waals surface area contributed by atoms with Crippen molar-refractivity contribution in [2.24, 2.45) is 0 Å². The second kappa shape index (κ2) is 5.34. The summed E-state index contributed by atoms with van der Waals surface area (Å²) in [5.74, 6) is 2.23. The molecule has 106 valence electrons. The zero-order chi connectivity index (χ0) is 15.0. The number of nitriles is 1. The second-order valence-corrected chi connectivity index (χ2v) is 5.63. The Morgan fingerprint density at radius 3 is 2.71 bits per heavy atom. The van der Waals surface area contributed by atoms with Crippen molar-refractivity contribution >= 4 is 11.6 Å². The molecular formula is C16H14ClN3O. The summed E-state index contributed by atoms with van der Waals surface area (Å²) in [6.45, 7) is 3.76. The topological polar surface area (TPSA) is 58.8 Å². The molecule has 0 bridgehead atoms. The minimum Gasteiger partial charge on any atom is -0.438 e. The summed E-state index contributed by atoms with van der Waals surface area (Å²) in [5.41, 5.74) is 2.20. The molecule has 0 atom stereocenters. The molecule has 1 aromatic heterocycles. The van der Waals surface area contributed by atoms with Crippen molar-refractivity contribution in [1.29, 1.82) is 5.26 Å². The van der Waals surface area contributed by atoms with Gasteiger partial charge in [-0.05, 0) is 44.4 Å². The van der Waals surface area contributed by atoms with Crippen LogP contribution in [-0.2, 0) is 0 Å². The van der Waals surface area contributed by atoms with Gasteiger partial charge in [0.2, 0.25) is 5.88 Å². The molecule has 1 aliphatic rings. The van der Waals surface area contributed by atoms with Crippen LogP contribution in [0.4, 0.5) is 0 Å². The number of hydrogen-bond acceptors (Lipinski definition) is 4. The average molecular weight is 300 g/mol. The summed E-state index contributed by atoms with van der Waals surface area (Å²) >= 11 is 6.17. The molecule has 0 spiro atoms. The fourth-order valence-corrected chi connectivity index (χ4v) is 2.16. The number of halogens is 1. The van der Waals surface area contributed by atoms with E-state index < -0.39 is 0 Å². The lowest BCUT2D eigenvalue weighted by Crippen LogP contribution is -2.01. The van der Waals surface area contributed by atoms with Crippen LogP contribution in [0.25, 0.3) is 0 Å². The van der Waals surface area contributed by atoms with Gasteiger partial charge in [-0.3, -0.25) is 0 Å². The van der Waals surface area contributed by atoms with Gasteiger partial charge in [0.25, 0.3) is 0 Å². The van der Waals surface area contributed by atoms with Crippen LogP contribution in [0, 0.1) is 25.2 Å². The molecule has 2 aromatic rings. The molecule has 0 N–H and O–H groups in total. The molecule has 5 heteroatoms. The summed E-state index contributed by atoms with van der Waals surface area (Å²) in [6, 6.07) is 7.43. The van der Waals surface area contributed by atoms with Gasteiger partial charge in [-0.1, -0.05) is 17.7 Å². The zero-order valence-electron chi connectivity index (χ0n) is 11.9. The first kappa shape index (κ1) is 13.8. The van der Waals surface area contributed by atoms with E-state index in [2.05, 4.69) is 16.0 Å². The molecule has 0 saturated heterocycles. The van der Waals surface area contributed by atoms with Gasteiger partial charge in [0, 0.05) is 11.5 Å². The van der Waals surface area contributed by atoms with Crippen molar-refractivity contribution in [2.45, 2.75) is 32.6 Å². The van der Waals surface area contributed by atoms with E-state index in [0.29, 0.717) is 33.8 Å². The minimum absolute atomic E-state index is 0.400. The fraction of sp³-hybridized carbons (Fsp3) is 0.312. The molecule has 3 rings (SSSR count). The maximum absolute atomic E-state index is 8.99. The first-order valence-electron chi connectivity index (χ1n) is 6.81. The van der Waals surface area contributed by atoms with Gasteiger partial charge in [0.05, 0.1) is 11.6 Å². The third-order valence-corrected chi connectivity index (χ3v) is 3.89. The zero-order valence-corrected chi connectivity index (χ0v) is 12.6. The van der Waals surface area contributed by atoms with Gasteiger partial charge in [-0.15, -0.1) is 0 Å². The second-order valence-electron chi connectivity index (χ2n) is 5.27. The molecule has 1 saturated carbocycles. The molecule has 0 unspecified atom stereocenters. The molecule has 21 heavy (non-hydrogen) atoms. The van der Waals surface area contributed by atoms with E-state index in [1.165, 1.54) is 0 Å². The predicted octanol–water partition coefficient (Wildman–Crippen LogP) is 4.29. The Morgan fingerprint density at radius 2 is 2.05 bits per heavy atom. The highest BCUT2D eigenvalue weighted by molar-refractivity contribution is 6.30. The molecule has 1 heterocycles. The summed E-state index contributed by atoms with van der Waals surface area (Å²) in [7, 11) is 0. The smallest absolute Gasteiger partial charge is 0.227 e. The lowest BCUT2D eigenvalue weighted by Gasteiger charge is -2.12. The van der Waals surface area contributed by atoms with Crippen molar-refractivity contribution < 1.29 is 4.74 Å². The molecule has 1 aromatic carbocycles. The SMILES string of the molecule is Cc1ccc(C#N)cc1Oc1nc(C2CC2)nc(Cl)c1C. The summed E-state index contributed by atoms with van der Waals surface area (Å²) in [6.07, 6.45) is 2.20. The van der Waals surface area contributed by atoms with Crippen LogP contribution in [-0.4, -0.2) is 9.97 Å². The van der Waals surface area contributed by atoms with Crippen molar-refractivity contribution in [3.05, 3.63) is 45.9 Å². The first-order chi connectivity index (χ1) is 10.1. The highest BCUT2D eigenvalue weighted by atomic mass is 35.5. The maximum atomic E-state index is 8.99. The van der Waals surface area contributed by atoms with Crippen LogP contribution in [0.5, 0.6) is 11.6 Å². The lowest BCUT2D eigenvalue weighted by molar-refractivity contribution is 0.451. The molecular weight excluding hydrogens is 286 g/mol. The van der Waals surface area contributed by atoms with Crippen LogP contribution in [0.1, 0.15) is 41.3 Å². The highest BCUT2D eigenvalue weighted by Crippen LogP contribution is 2.40. The lowest BCUT2D eigenvalue weighted by atomic mass is 10.1. The molecule has 0 radical (unpaired) electrons. The van der Waals surface area contributed by atoms with E-state index in [-0.39, 0.29) is 0 Å².